The summed E-state index contributed by atoms with van der Waals surface area (Å²) in [6.07, 6.45) is 3.55. The van der Waals surface area contributed by atoms with Crippen LogP contribution in [0.3, 0.4) is 0 Å². The highest BCUT2D eigenvalue weighted by atomic mass is 19.1. The van der Waals surface area contributed by atoms with Crippen molar-refractivity contribution in [2.75, 3.05) is 31.1 Å². The maximum atomic E-state index is 14.0. The number of anilines is 1. The quantitative estimate of drug-likeness (QED) is 0.374. The normalized spacial score (nSPS) is 16.7. The molecule has 2 heterocycles. The van der Waals surface area contributed by atoms with Gasteiger partial charge in [-0.3, -0.25) is 0 Å². The molecule has 0 amide bonds. The zero-order chi connectivity index (χ0) is 21.2. The van der Waals surface area contributed by atoms with Crippen molar-refractivity contribution in [1.29, 1.82) is 0 Å². The number of benzene rings is 1. The van der Waals surface area contributed by atoms with Crippen LogP contribution >= 0.6 is 0 Å². The van der Waals surface area contributed by atoms with E-state index in [4.69, 9.17) is 9.73 Å². The third-order valence-electron chi connectivity index (χ3n) is 5.04. The van der Waals surface area contributed by atoms with Gasteiger partial charge in [0.05, 0.1) is 13.2 Å². The topological polar surface area (TPSA) is 61.8 Å². The molecule has 0 bridgehead atoms. The molecule has 1 unspecified atom stereocenters. The smallest absolute Gasteiger partial charge is 0.191 e. The van der Waals surface area contributed by atoms with Gasteiger partial charge in [0.25, 0.3) is 0 Å². The fourth-order valence-corrected chi connectivity index (χ4v) is 3.54. The largest absolute Gasteiger partial charge is 0.377 e. The summed E-state index contributed by atoms with van der Waals surface area (Å²) in [5, 5.41) is 6.81. The average Bonchev–Trinajstić information content (AvgIpc) is 3.22. The molecule has 1 aromatic carbocycles. The molecule has 7 heteroatoms. The molecule has 30 heavy (non-hydrogen) atoms. The number of aromatic nitrogens is 1. The second-order valence-electron chi connectivity index (χ2n) is 7.40. The van der Waals surface area contributed by atoms with Gasteiger partial charge in [0, 0.05) is 38.5 Å². The summed E-state index contributed by atoms with van der Waals surface area (Å²) < 4.78 is 19.8. The fraction of sp³-hybridized carbons (Fsp3) is 0.478. The Morgan fingerprint density at radius 3 is 2.83 bits per heavy atom. The van der Waals surface area contributed by atoms with Crippen molar-refractivity contribution in [3.8, 4) is 0 Å². The zero-order valence-electron chi connectivity index (χ0n) is 17.9. The van der Waals surface area contributed by atoms with Crippen molar-refractivity contribution in [2.24, 2.45) is 4.99 Å². The van der Waals surface area contributed by atoms with E-state index < -0.39 is 0 Å². The van der Waals surface area contributed by atoms with Crippen molar-refractivity contribution in [1.82, 2.24) is 15.6 Å². The molecule has 1 atom stereocenters. The highest BCUT2D eigenvalue weighted by molar-refractivity contribution is 5.80. The van der Waals surface area contributed by atoms with Crippen molar-refractivity contribution >= 4 is 11.8 Å². The molecule has 162 valence electrons. The van der Waals surface area contributed by atoms with E-state index >= 15 is 0 Å². The number of nitrogens with one attached hydrogen (secondary N) is 2. The van der Waals surface area contributed by atoms with Crippen LogP contribution in [0.15, 0.2) is 47.6 Å². The molecule has 6 nitrogen and oxygen atoms in total. The lowest BCUT2D eigenvalue weighted by Crippen LogP contribution is -2.44. The minimum absolute atomic E-state index is 0.187. The third-order valence-corrected chi connectivity index (χ3v) is 5.04. The average molecular weight is 414 g/mol. The van der Waals surface area contributed by atoms with Crippen LogP contribution < -0.4 is 15.5 Å². The first kappa shape index (κ1) is 22.0. The predicted octanol–water partition coefficient (Wildman–Crippen LogP) is 3.48. The minimum Gasteiger partial charge on any atom is -0.377 e. The molecule has 0 spiro atoms. The summed E-state index contributed by atoms with van der Waals surface area (Å²) in [5.41, 5.74) is 2.33. The Morgan fingerprint density at radius 2 is 2.07 bits per heavy atom. The van der Waals surface area contributed by atoms with Crippen LogP contribution in [0.1, 0.15) is 37.8 Å². The summed E-state index contributed by atoms with van der Waals surface area (Å²) in [6, 6.07) is 11.5. The highest BCUT2D eigenvalue weighted by Gasteiger charge is 2.25. The van der Waals surface area contributed by atoms with Gasteiger partial charge in [0.15, 0.2) is 17.6 Å². The Bertz CT molecular complexity index is 829. The summed E-state index contributed by atoms with van der Waals surface area (Å²) in [4.78, 5) is 11.0. The van der Waals surface area contributed by atoms with Gasteiger partial charge in [-0.2, -0.15) is 0 Å². The molecule has 0 saturated carbocycles. The number of ether oxygens (including phenoxy) is 1. The summed E-state index contributed by atoms with van der Waals surface area (Å²) in [6.45, 7) is 8.34. The molecule has 2 N–H and O–H groups in total. The summed E-state index contributed by atoms with van der Waals surface area (Å²) >= 11 is 0. The van der Waals surface area contributed by atoms with Crippen LogP contribution in [0, 0.1) is 5.82 Å². The highest BCUT2D eigenvalue weighted by Crippen LogP contribution is 2.20. The second-order valence-corrected chi connectivity index (χ2v) is 7.40. The molecule has 1 saturated heterocycles. The Morgan fingerprint density at radius 1 is 1.23 bits per heavy atom. The number of rotatable bonds is 9. The molecule has 1 fully saturated rings. The SMILES string of the molecule is CCCOCc1ccccc1CN=C(NCC)NC1CCN(c2ncccc2F)C1. The molecule has 3 rings (SSSR count). The Labute approximate surface area is 178 Å². The number of hydrogen-bond acceptors (Lipinski definition) is 4. The second kappa shape index (κ2) is 11.5. The van der Waals surface area contributed by atoms with Gasteiger partial charge in [0.1, 0.15) is 0 Å². The Hall–Kier alpha value is -2.67. The van der Waals surface area contributed by atoms with Gasteiger partial charge in [0.2, 0.25) is 0 Å². The molecule has 0 radical (unpaired) electrons. The first-order valence-electron chi connectivity index (χ1n) is 10.8. The zero-order valence-corrected chi connectivity index (χ0v) is 17.9. The fourth-order valence-electron chi connectivity index (χ4n) is 3.54. The molecule has 1 aromatic heterocycles. The first-order valence-corrected chi connectivity index (χ1v) is 10.8. The van der Waals surface area contributed by atoms with E-state index in [2.05, 4.69) is 34.7 Å². The van der Waals surface area contributed by atoms with Gasteiger partial charge in [-0.1, -0.05) is 31.2 Å². The third kappa shape index (κ3) is 6.16. The van der Waals surface area contributed by atoms with Crippen LogP contribution in [0.4, 0.5) is 10.2 Å². The van der Waals surface area contributed by atoms with E-state index in [9.17, 15) is 4.39 Å². The lowest BCUT2D eigenvalue weighted by molar-refractivity contribution is 0.121. The van der Waals surface area contributed by atoms with Gasteiger partial charge >= 0.3 is 0 Å². The minimum atomic E-state index is -0.277. The lowest BCUT2D eigenvalue weighted by atomic mass is 10.1. The van der Waals surface area contributed by atoms with Crippen LogP contribution in [0.5, 0.6) is 0 Å². The summed E-state index contributed by atoms with van der Waals surface area (Å²) in [7, 11) is 0. The van der Waals surface area contributed by atoms with E-state index in [0.29, 0.717) is 25.5 Å². The van der Waals surface area contributed by atoms with Gasteiger partial charge in [-0.25, -0.2) is 14.4 Å². The Balaban J connectivity index is 1.61. The number of nitrogens with zero attached hydrogens (tertiary/aromatic N) is 3. The molecule has 0 aliphatic carbocycles. The van der Waals surface area contributed by atoms with Crippen LogP contribution in [0.2, 0.25) is 0 Å². The Kier molecular flexibility index (Phi) is 8.44. The standard InChI is InChI=1S/C23H32FN5O/c1-3-14-30-17-19-9-6-5-8-18(19)15-27-23(25-4-2)28-20-11-13-29(16-20)22-21(24)10-7-12-26-22/h5-10,12,20H,3-4,11,13-17H2,1-2H3,(H2,25,27,28). The van der Waals surface area contributed by atoms with Crippen molar-refractivity contribution in [2.45, 2.75) is 45.9 Å². The number of pyridine rings is 1. The molecule has 1 aliphatic heterocycles. The van der Waals surface area contributed by atoms with E-state index in [1.165, 1.54) is 11.6 Å². The van der Waals surface area contributed by atoms with Gasteiger partial charge in [-0.15, -0.1) is 0 Å². The van der Waals surface area contributed by atoms with E-state index in [1.54, 1.807) is 12.3 Å². The summed E-state index contributed by atoms with van der Waals surface area (Å²) in [5.74, 6) is 0.917. The van der Waals surface area contributed by atoms with Crippen LogP contribution in [0.25, 0.3) is 0 Å². The van der Waals surface area contributed by atoms with Crippen molar-refractivity contribution in [3.05, 3.63) is 59.5 Å². The number of hydrogen-bond donors (Lipinski definition) is 2. The molecular weight excluding hydrogens is 381 g/mol. The number of halogens is 1. The molecule has 1 aliphatic rings. The van der Waals surface area contributed by atoms with Crippen LogP contribution in [-0.2, 0) is 17.9 Å². The number of guanidine groups is 1. The molecule has 2 aromatic rings. The number of aliphatic imine (C=N–C) groups is 1. The monoisotopic (exact) mass is 413 g/mol. The van der Waals surface area contributed by atoms with Gasteiger partial charge < -0.3 is 20.3 Å². The van der Waals surface area contributed by atoms with Crippen LogP contribution in [-0.4, -0.2) is 43.2 Å². The predicted molar refractivity (Wildman–Crippen MR) is 119 cm³/mol. The molecular formula is C23H32FN5O. The maximum absolute atomic E-state index is 14.0. The first-order chi connectivity index (χ1) is 14.7. The van der Waals surface area contributed by atoms with E-state index in [1.807, 2.05) is 24.0 Å². The van der Waals surface area contributed by atoms with Gasteiger partial charge in [-0.05, 0) is 43.0 Å². The maximum Gasteiger partial charge on any atom is 0.191 e. The van der Waals surface area contributed by atoms with E-state index in [-0.39, 0.29) is 11.9 Å². The van der Waals surface area contributed by atoms with Crippen molar-refractivity contribution in [3.63, 3.8) is 0 Å². The van der Waals surface area contributed by atoms with Crippen molar-refractivity contribution < 1.29 is 9.13 Å². The lowest BCUT2D eigenvalue weighted by Gasteiger charge is -2.20. The van der Waals surface area contributed by atoms with E-state index in [0.717, 1.165) is 44.1 Å².